The Labute approximate surface area is 264 Å². The molecule has 0 aliphatic carbocycles. The fourth-order valence-electron chi connectivity index (χ4n) is 5.13. The average molecular weight is 678 g/mol. The Kier molecular flexibility index (Phi) is 10.4. The lowest BCUT2D eigenvalue weighted by Crippen LogP contribution is -2.34. The summed E-state index contributed by atoms with van der Waals surface area (Å²) >= 11 is 0. The Morgan fingerprint density at radius 1 is 1.11 bits per heavy atom. The number of rotatable bonds is 11. The van der Waals surface area contributed by atoms with Crippen LogP contribution in [0, 0.1) is 24.2 Å². The number of aromatic nitrogens is 6. The number of nitrogens with zero attached hydrogens (tertiary/aromatic N) is 4. The Balaban J connectivity index is 1.23. The van der Waals surface area contributed by atoms with Crippen LogP contribution in [0.1, 0.15) is 50.1 Å². The van der Waals surface area contributed by atoms with Gasteiger partial charge in [0.2, 0.25) is 5.95 Å². The first kappa shape index (κ1) is 34.2. The molecule has 1 unspecified atom stereocenters. The van der Waals surface area contributed by atoms with Gasteiger partial charge in [0.1, 0.15) is 42.3 Å². The fourth-order valence-corrected chi connectivity index (χ4v) is 6.09. The van der Waals surface area contributed by atoms with Gasteiger partial charge in [-0.1, -0.05) is 11.8 Å². The molecule has 0 aromatic carbocycles. The van der Waals surface area contributed by atoms with Gasteiger partial charge in [-0.2, -0.15) is 4.98 Å². The maximum atomic E-state index is 12.9. The average Bonchev–Trinajstić information content (AvgIpc) is 3.70. The van der Waals surface area contributed by atoms with E-state index in [1.54, 1.807) is 0 Å². The van der Waals surface area contributed by atoms with Crippen LogP contribution >= 0.6 is 7.82 Å². The molecule has 8 N–H and O–H groups in total. The molecular formula is C27H32N7O12P. The maximum Gasteiger partial charge on any atom is 0.472 e. The summed E-state index contributed by atoms with van der Waals surface area (Å²) in [6.07, 6.45) is 0.497. The number of unbranched alkanes of at least 4 members (excludes halogenated alkanes) is 3. The first-order chi connectivity index (χ1) is 22.4. The van der Waals surface area contributed by atoms with E-state index in [0.29, 0.717) is 12.8 Å². The van der Waals surface area contributed by atoms with E-state index in [1.165, 1.54) is 10.8 Å². The number of aliphatic hydroxyl groups is 3. The number of phosphoric ester groups is 1. The smallest absolute Gasteiger partial charge is 0.394 e. The van der Waals surface area contributed by atoms with Gasteiger partial charge in [0.25, 0.3) is 11.1 Å². The summed E-state index contributed by atoms with van der Waals surface area (Å²) in [6, 6.07) is 0. The third kappa shape index (κ3) is 7.55. The molecule has 47 heavy (non-hydrogen) atoms. The lowest BCUT2D eigenvalue weighted by molar-refractivity contribution is -0.0592. The number of imidazole rings is 1. The number of terminal acetylenes is 1. The third-order valence-corrected chi connectivity index (χ3v) is 8.48. The number of hydrogen-bond donors (Lipinski definition) is 7. The Hall–Kier alpha value is -4.14. The molecule has 5 rings (SSSR count). The van der Waals surface area contributed by atoms with Gasteiger partial charge in [-0.25, -0.2) is 14.3 Å². The molecule has 2 aliphatic heterocycles. The molecule has 2 aliphatic rings. The second-order valence-electron chi connectivity index (χ2n) is 10.7. The van der Waals surface area contributed by atoms with E-state index in [9.17, 15) is 39.2 Å². The summed E-state index contributed by atoms with van der Waals surface area (Å²) in [7, 11) is -4.93. The Morgan fingerprint density at radius 3 is 2.62 bits per heavy atom. The normalized spacial score (nSPS) is 26.9. The largest absolute Gasteiger partial charge is 0.472 e. The highest BCUT2D eigenvalue weighted by atomic mass is 31.2. The number of nitrogens with two attached hydrogens (primary N) is 1. The fraction of sp³-hybridized carbons (Fsp3) is 0.519. The highest BCUT2D eigenvalue weighted by Gasteiger charge is 2.47. The number of ether oxygens (including phenoxy) is 2. The molecule has 252 valence electrons. The van der Waals surface area contributed by atoms with Crippen molar-refractivity contribution in [2.45, 2.75) is 75.1 Å². The van der Waals surface area contributed by atoms with Crippen molar-refractivity contribution in [2.24, 2.45) is 0 Å². The molecule has 2 saturated heterocycles. The molecule has 0 radical (unpaired) electrons. The van der Waals surface area contributed by atoms with Gasteiger partial charge in [0.05, 0.1) is 19.5 Å². The van der Waals surface area contributed by atoms with E-state index in [4.69, 9.17) is 30.7 Å². The number of aliphatic hydroxyl groups excluding tert-OH is 3. The van der Waals surface area contributed by atoms with E-state index in [0.717, 1.165) is 23.7 Å². The van der Waals surface area contributed by atoms with Crippen molar-refractivity contribution in [3.8, 4) is 24.2 Å². The van der Waals surface area contributed by atoms with Gasteiger partial charge in [-0.05, 0) is 12.8 Å². The predicted octanol–water partition coefficient (Wildman–Crippen LogP) is -1.80. The molecule has 8 atom stereocenters. The summed E-state index contributed by atoms with van der Waals surface area (Å²) in [5, 5.41) is 31.0. The minimum absolute atomic E-state index is 0.0171. The molecular weight excluding hydrogens is 645 g/mol. The van der Waals surface area contributed by atoms with Crippen LogP contribution in [0.4, 0.5) is 5.95 Å². The zero-order valence-electron chi connectivity index (χ0n) is 24.6. The molecule has 19 nitrogen and oxygen atoms in total. The van der Waals surface area contributed by atoms with Gasteiger partial charge in [-0.15, -0.1) is 12.3 Å². The van der Waals surface area contributed by atoms with Crippen molar-refractivity contribution >= 4 is 24.9 Å². The van der Waals surface area contributed by atoms with Crippen LogP contribution in [-0.4, -0.2) is 93.0 Å². The van der Waals surface area contributed by atoms with Crippen molar-refractivity contribution in [3.63, 3.8) is 0 Å². The molecule has 0 spiro atoms. The van der Waals surface area contributed by atoms with Gasteiger partial charge >= 0.3 is 13.5 Å². The lowest BCUT2D eigenvalue weighted by atomic mass is 10.1. The van der Waals surface area contributed by atoms with Crippen LogP contribution < -0.4 is 22.5 Å². The number of H-pyrrole nitrogens is 2. The maximum absolute atomic E-state index is 12.9. The Bertz CT molecular complexity index is 1940. The zero-order chi connectivity index (χ0) is 33.9. The van der Waals surface area contributed by atoms with Crippen LogP contribution in [-0.2, 0) is 23.1 Å². The number of nitrogens with one attached hydrogen (secondary N) is 2. The van der Waals surface area contributed by atoms with Crippen LogP contribution in [0.25, 0.3) is 11.2 Å². The number of fused-ring (bicyclic) bond motifs is 1. The van der Waals surface area contributed by atoms with Crippen LogP contribution in [0.3, 0.4) is 0 Å². The predicted molar refractivity (Wildman–Crippen MR) is 160 cm³/mol. The molecule has 3 aromatic heterocycles. The summed E-state index contributed by atoms with van der Waals surface area (Å²) < 4.78 is 36.8. The Morgan fingerprint density at radius 2 is 1.87 bits per heavy atom. The minimum atomic E-state index is -4.93. The van der Waals surface area contributed by atoms with Crippen molar-refractivity contribution in [1.82, 2.24) is 29.1 Å². The van der Waals surface area contributed by atoms with Gasteiger partial charge < -0.3 is 35.4 Å². The van der Waals surface area contributed by atoms with Gasteiger partial charge in [0.15, 0.2) is 17.4 Å². The molecule has 2 fully saturated rings. The number of anilines is 1. The molecule has 5 heterocycles. The highest BCUT2D eigenvalue weighted by molar-refractivity contribution is 7.47. The number of nitrogen functional groups attached to an aromatic ring is 1. The monoisotopic (exact) mass is 677 g/mol. The molecule has 0 bridgehead atoms. The summed E-state index contributed by atoms with van der Waals surface area (Å²) in [5.74, 6) is 7.86. The minimum Gasteiger partial charge on any atom is -0.394 e. The van der Waals surface area contributed by atoms with E-state index < -0.39 is 80.8 Å². The second kappa shape index (κ2) is 14.3. The van der Waals surface area contributed by atoms with Crippen LogP contribution in [0.15, 0.2) is 26.9 Å². The van der Waals surface area contributed by atoms with Gasteiger partial charge in [-0.3, -0.25) is 37.7 Å². The number of aromatic amines is 2. The van der Waals surface area contributed by atoms with Crippen LogP contribution in [0.5, 0.6) is 0 Å². The first-order valence-electron chi connectivity index (χ1n) is 14.4. The summed E-state index contributed by atoms with van der Waals surface area (Å²) in [6.45, 7) is -1.40. The highest BCUT2D eigenvalue weighted by Crippen LogP contribution is 2.49. The van der Waals surface area contributed by atoms with Crippen molar-refractivity contribution in [2.75, 3.05) is 18.9 Å². The quantitative estimate of drug-likeness (QED) is 0.0670. The van der Waals surface area contributed by atoms with Gasteiger partial charge in [0, 0.05) is 25.5 Å². The lowest BCUT2D eigenvalue weighted by Gasteiger charge is -2.21. The summed E-state index contributed by atoms with van der Waals surface area (Å²) in [4.78, 5) is 59.8. The zero-order valence-corrected chi connectivity index (χ0v) is 25.5. The molecule has 20 heteroatoms. The van der Waals surface area contributed by atoms with E-state index in [1.807, 2.05) is 0 Å². The molecule has 3 aromatic rings. The second-order valence-corrected chi connectivity index (χ2v) is 12.1. The van der Waals surface area contributed by atoms with Crippen molar-refractivity contribution < 1.29 is 43.3 Å². The topological polar surface area (TPSA) is 279 Å². The SMILES string of the molecule is C#CCCCCC#Cc1cn([C@H]2C[C@H](OP(=O)(O)OC[C@H]3O[C@@H](n4cnc5c(=O)[nH]c(N)nc54)[C@H](O)[C@@H]3O)[C@@H](CO)O2)c(=O)[nH]c1=O. The standard InChI is InChI=1S/C27H32N7O12P/c1-2-3-4-5-6-7-8-14-10-33(27(40)32-23(14)38)18-9-15(16(11-35)44-18)46-47(41,42)43-12-17-20(36)21(37)25(45-17)34-13-29-19-22(34)30-26(28)31-24(19)39/h1,10,13,15-18,20-21,25,35-37H,3-6,9,11-12H2,(H,41,42)(H,32,38,40)(H3,28,30,31,39)/t15-,16+,17+,18+,20+,21+,25+/m0/s1. The first-order valence-corrected chi connectivity index (χ1v) is 15.9. The van der Waals surface area contributed by atoms with E-state index in [-0.39, 0.29) is 29.1 Å². The van der Waals surface area contributed by atoms with Crippen molar-refractivity contribution in [1.29, 1.82) is 0 Å². The number of phosphoric acid groups is 1. The summed E-state index contributed by atoms with van der Waals surface area (Å²) in [5.41, 5.74) is 3.25. The van der Waals surface area contributed by atoms with Crippen LogP contribution in [0.2, 0.25) is 0 Å². The van der Waals surface area contributed by atoms with E-state index >= 15 is 0 Å². The molecule has 0 amide bonds. The van der Waals surface area contributed by atoms with E-state index in [2.05, 4.69) is 37.7 Å². The number of hydrogen-bond acceptors (Lipinski definition) is 14. The molecule has 0 saturated carbocycles. The third-order valence-electron chi connectivity index (χ3n) is 7.47. The van der Waals surface area contributed by atoms with Crippen molar-refractivity contribution in [3.05, 3.63) is 49.3 Å².